The molecule has 7 heteroatoms. The number of nitro groups is 1. The van der Waals surface area contributed by atoms with Crippen molar-refractivity contribution in [3.8, 4) is 11.5 Å². The van der Waals surface area contributed by atoms with Gasteiger partial charge in [0, 0.05) is 22.5 Å². The number of benzene rings is 1. The zero-order chi connectivity index (χ0) is 13.1. The van der Waals surface area contributed by atoms with Crippen molar-refractivity contribution >= 4 is 34.9 Å². The van der Waals surface area contributed by atoms with Crippen molar-refractivity contribution in [2.45, 2.75) is 0 Å². The lowest BCUT2D eigenvalue weighted by Gasteiger charge is -2.04. The van der Waals surface area contributed by atoms with Crippen molar-refractivity contribution in [3.05, 3.63) is 49.7 Å². The summed E-state index contributed by atoms with van der Waals surface area (Å²) < 4.78 is 5.36. The highest BCUT2D eigenvalue weighted by molar-refractivity contribution is 7.11. The summed E-state index contributed by atoms with van der Waals surface area (Å²) in [6.45, 7) is 0. The van der Waals surface area contributed by atoms with E-state index in [1.807, 2.05) is 0 Å². The summed E-state index contributed by atoms with van der Waals surface area (Å²) in [5.41, 5.74) is -0.221. The van der Waals surface area contributed by atoms with Crippen LogP contribution in [0.4, 0.5) is 5.69 Å². The predicted octanol–water partition coefficient (Wildman–Crippen LogP) is 3.91. The number of nitro benzene ring substituents is 1. The van der Waals surface area contributed by atoms with Crippen LogP contribution in [-0.2, 0) is 0 Å². The van der Waals surface area contributed by atoms with Crippen LogP contribution in [0.1, 0.15) is 9.67 Å². The fourth-order valence-corrected chi connectivity index (χ4v) is 2.07. The van der Waals surface area contributed by atoms with E-state index in [2.05, 4.69) is 0 Å². The van der Waals surface area contributed by atoms with Crippen LogP contribution in [0.2, 0.25) is 5.02 Å². The lowest BCUT2D eigenvalue weighted by atomic mass is 10.3. The summed E-state index contributed by atoms with van der Waals surface area (Å²) in [5.74, 6) is 0.465. The van der Waals surface area contributed by atoms with Gasteiger partial charge in [-0.3, -0.25) is 14.9 Å². The molecule has 0 unspecified atom stereocenters. The van der Waals surface area contributed by atoms with Crippen molar-refractivity contribution in [2.24, 2.45) is 0 Å². The van der Waals surface area contributed by atoms with E-state index in [0.717, 1.165) is 0 Å². The SMILES string of the molecule is O=Cc1cc(Oc2ccc(Cl)cc2[N+](=O)[O-])cs1. The van der Waals surface area contributed by atoms with Gasteiger partial charge in [-0.1, -0.05) is 11.6 Å². The first-order chi connectivity index (χ1) is 8.60. The third-order valence-electron chi connectivity index (χ3n) is 2.06. The topological polar surface area (TPSA) is 69.4 Å². The highest BCUT2D eigenvalue weighted by atomic mass is 35.5. The summed E-state index contributed by atoms with van der Waals surface area (Å²) in [6.07, 6.45) is 0.688. The van der Waals surface area contributed by atoms with E-state index in [1.165, 1.54) is 35.6 Å². The van der Waals surface area contributed by atoms with Crippen LogP contribution in [0.3, 0.4) is 0 Å². The lowest BCUT2D eigenvalue weighted by molar-refractivity contribution is -0.385. The minimum Gasteiger partial charge on any atom is -0.449 e. The van der Waals surface area contributed by atoms with E-state index in [4.69, 9.17) is 16.3 Å². The quantitative estimate of drug-likeness (QED) is 0.484. The molecule has 1 heterocycles. The van der Waals surface area contributed by atoms with Gasteiger partial charge in [0.15, 0.2) is 6.29 Å². The highest BCUT2D eigenvalue weighted by Gasteiger charge is 2.16. The van der Waals surface area contributed by atoms with Crippen LogP contribution >= 0.6 is 22.9 Å². The van der Waals surface area contributed by atoms with E-state index >= 15 is 0 Å². The van der Waals surface area contributed by atoms with Crippen LogP contribution < -0.4 is 4.74 Å². The monoisotopic (exact) mass is 283 g/mol. The number of hydrogen-bond acceptors (Lipinski definition) is 5. The second-order valence-electron chi connectivity index (χ2n) is 3.27. The Labute approximate surface area is 111 Å². The molecule has 0 saturated carbocycles. The minimum atomic E-state index is -0.575. The molecule has 0 amide bonds. The first-order valence-corrected chi connectivity index (χ1v) is 6.01. The Hall–Kier alpha value is -1.92. The molecule has 1 aromatic carbocycles. The van der Waals surface area contributed by atoms with Crippen LogP contribution in [0.25, 0.3) is 0 Å². The Morgan fingerprint density at radius 2 is 2.17 bits per heavy atom. The Morgan fingerprint density at radius 1 is 1.39 bits per heavy atom. The molecule has 2 aromatic rings. The van der Waals surface area contributed by atoms with Crippen LogP contribution in [0.5, 0.6) is 11.5 Å². The van der Waals surface area contributed by atoms with Crippen LogP contribution in [0.15, 0.2) is 29.6 Å². The number of carbonyl (C=O) groups is 1. The maximum absolute atomic E-state index is 10.8. The molecule has 0 N–H and O–H groups in total. The van der Waals surface area contributed by atoms with E-state index in [9.17, 15) is 14.9 Å². The van der Waals surface area contributed by atoms with Crippen molar-refractivity contribution in [3.63, 3.8) is 0 Å². The summed E-state index contributed by atoms with van der Waals surface area (Å²) in [5, 5.41) is 12.7. The first kappa shape index (κ1) is 12.5. The minimum absolute atomic E-state index is 0.0830. The molecule has 1 aromatic heterocycles. The number of carbonyl (C=O) groups excluding carboxylic acids is 1. The molecule has 0 aliphatic heterocycles. The molecule has 0 aliphatic rings. The fraction of sp³-hybridized carbons (Fsp3) is 0. The number of halogens is 1. The molecule has 0 aliphatic carbocycles. The van der Waals surface area contributed by atoms with Gasteiger partial charge < -0.3 is 4.74 Å². The largest absolute Gasteiger partial charge is 0.449 e. The number of thiophene rings is 1. The standard InChI is InChI=1S/C11H6ClNO4S/c12-7-1-2-11(10(3-7)13(15)16)17-8-4-9(5-14)18-6-8/h1-6H. The number of nitrogens with zero attached hydrogens (tertiary/aromatic N) is 1. The van der Waals surface area contributed by atoms with Gasteiger partial charge in [0.2, 0.25) is 5.75 Å². The van der Waals surface area contributed by atoms with Gasteiger partial charge in [-0.25, -0.2) is 0 Å². The molecular formula is C11H6ClNO4S. The molecule has 0 fully saturated rings. The van der Waals surface area contributed by atoms with Crippen LogP contribution in [0, 0.1) is 10.1 Å². The molecule has 18 heavy (non-hydrogen) atoms. The Kier molecular flexibility index (Phi) is 3.59. The number of ether oxygens (including phenoxy) is 1. The smallest absolute Gasteiger partial charge is 0.313 e. The summed E-state index contributed by atoms with van der Waals surface area (Å²) in [4.78, 5) is 21.3. The average molecular weight is 284 g/mol. The molecule has 0 spiro atoms. The number of hydrogen-bond donors (Lipinski definition) is 0. The van der Waals surface area contributed by atoms with Gasteiger partial charge in [0.05, 0.1) is 9.80 Å². The highest BCUT2D eigenvalue weighted by Crippen LogP contribution is 2.34. The molecule has 0 saturated heterocycles. The summed E-state index contributed by atoms with van der Waals surface area (Å²) >= 11 is 6.88. The zero-order valence-corrected chi connectivity index (χ0v) is 10.4. The maximum atomic E-state index is 10.8. The van der Waals surface area contributed by atoms with Gasteiger partial charge in [-0.2, -0.15) is 0 Å². The van der Waals surface area contributed by atoms with E-state index in [-0.39, 0.29) is 16.5 Å². The number of aldehydes is 1. The molecular weight excluding hydrogens is 278 g/mol. The second kappa shape index (κ2) is 5.16. The lowest BCUT2D eigenvalue weighted by Crippen LogP contribution is -1.92. The van der Waals surface area contributed by atoms with Gasteiger partial charge in [-0.05, 0) is 12.1 Å². The van der Waals surface area contributed by atoms with Crippen molar-refractivity contribution in [2.75, 3.05) is 0 Å². The predicted molar refractivity (Wildman–Crippen MR) is 67.9 cm³/mol. The Morgan fingerprint density at radius 3 is 2.78 bits per heavy atom. The third kappa shape index (κ3) is 2.66. The molecule has 5 nitrogen and oxygen atoms in total. The second-order valence-corrected chi connectivity index (χ2v) is 4.65. The molecule has 2 rings (SSSR count). The fourth-order valence-electron chi connectivity index (χ4n) is 1.30. The maximum Gasteiger partial charge on any atom is 0.313 e. The van der Waals surface area contributed by atoms with E-state index < -0.39 is 4.92 Å². The van der Waals surface area contributed by atoms with Crippen molar-refractivity contribution < 1.29 is 14.5 Å². The number of rotatable bonds is 4. The van der Waals surface area contributed by atoms with Crippen molar-refractivity contribution in [1.82, 2.24) is 0 Å². The van der Waals surface area contributed by atoms with E-state index in [0.29, 0.717) is 16.9 Å². The molecule has 92 valence electrons. The van der Waals surface area contributed by atoms with Gasteiger partial charge >= 0.3 is 5.69 Å². The summed E-state index contributed by atoms with van der Waals surface area (Å²) in [6, 6.07) is 5.63. The van der Waals surface area contributed by atoms with Crippen molar-refractivity contribution in [1.29, 1.82) is 0 Å². The molecule has 0 bridgehead atoms. The molecule has 0 radical (unpaired) electrons. The van der Waals surface area contributed by atoms with E-state index in [1.54, 1.807) is 5.38 Å². The normalized spacial score (nSPS) is 10.1. The van der Waals surface area contributed by atoms with Crippen LogP contribution in [-0.4, -0.2) is 11.2 Å². The first-order valence-electron chi connectivity index (χ1n) is 4.75. The van der Waals surface area contributed by atoms with Gasteiger partial charge in [0.1, 0.15) is 5.75 Å². The Bertz CT molecular complexity index is 611. The summed E-state index contributed by atoms with van der Waals surface area (Å²) in [7, 11) is 0. The zero-order valence-electron chi connectivity index (χ0n) is 8.83. The Balaban J connectivity index is 2.33. The van der Waals surface area contributed by atoms with Gasteiger partial charge in [0.25, 0.3) is 0 Å². The third-order valence-corrected chi connectivity index (χ3v) is 3.13. The molecule has 0 atom stereocenters. The van der Waals surface area contributed by atoms with Gasteiger partial charge in [-0.15, -0.1) is 11.3 Å². The average Bonchev–Trinajstić information content (AvgIpc) is 2.79.